The number of rotatable bonds is 3. The van der Waals surface area contributed by atoms with Crippen molar-refractivity contribution in [2.75, 3.05) is 16.4 Å². The van der Waals surface area contributed by atoms with E-state index in [1.807, 2.05) is 0 Å². The van der Waals surface area contributed by atoms with E-state index < -0.39 is 39.7 Å². The first kappa shape index (κ1) is 21.0. The summed E-state index contributed by atoms with van der Waals surface area (Å²) in [5.74, 6) is -0.424. The lowest BCUT2D eigenvalue weighted by atomic mass is 10.1. The third-order valence-electron chi connectivity index (χ3n) is 5.52. The van der Waals surface area contributed by atoms with Crippen LogP contribution in [0.25, 0.3) is 0 Å². The van der Waals surface area contributed by atoms with Crippen LogP contribution in [0.1, 0.15) is 16.7 Å². The highest BCUT2D eigenvalue weighted by molar-refractivity contribution is 7.91. The molecule has 2 aliphatic rings. The van der Waals surface area contributed by atoms with Gasteiger partial charge >= 0.3 is 12.2 Å². The molecule has 30 heavy (non-hydrogen) atoms. The fourth-order valence-electron chi connectivity index (χ4n) is 4.04. The van der Waals surface area contributed by atoms with Crippen LogP contribution in [0.5, 0.6) is 0 Å². The van der Waals surface area contributed by atoms with Gasteiger partial charge < -0.3 is 4.90 Å². The average molecular weight is 459 g/mol. The van der Waals surface area contributed by atoms with E-state index in [1.165, 1.54) is 21.9 Å². The summed E-state index contributed by atoms with van der Waals surface area (Å²) in [6.07, 6.45) is -4.51. The van der Waals surface area contributed by atoms with Gasteiger partial charge in [0.25, 0.3) is 0 Å². The normalized spacial score (nSPS) is 23.2. The maximum Gasteiger partial charge on any atom is 0.416 e. The number of hydrogen-bond acceptors (Lipinski definition) is 3. The minimum absolute atomic E-state index is 0.116. The molecule has 2 aliphatic heterocycles. The second-order valence-electron chi connectivity index (χ2n) is 7.62. The predicted octanol–water partition coefficient (Wildman–Crippen LogP) is 4.28. The molecule has 4 rings (SSSR count). The van der Waals surface area contributed by atoms with Crippen LogP contribution in [-0.2, 0) is 22.6 Å². The molecule has 160 valence electrons. The van der Waals surface area contributed by atoms with Crippen LogP contribution < -0.4 is 4.90 Å². The molecule has 0 bridgehead atoms. The molecule has 2 fully saturated rings. The third-order valence-corrected chi connectivity index (χ3v) is 7.62. The third kappa shape index (κ3) is 3.76. The molecule has 0 saturated carbocycles. The van der Waals surface area contributed by atoms with Crippen molar-refractivity contribution >= 4 is 33.2 Å². The lowest BCUT2D eigenvalue weighted by Crippen LogP contribution is -2.37. The monoisotopic (exact) mass is 458 g/mol. The summed E-state index contributed by atoms with van der Waals surface area (Å²) in [4.78, 5) is 15.9. The Morgan fingerprint density at radius 1 is 1.10 bits per heavy atom. The van der Waals surface area contributed by atoms with Gasteiger partial charge in [0.1, 0.15) is 0 Å². The highest BCUT2D eigenvalue weighted by Crippen LogP contribution is 2.37. The molecule has 0 aromatic heterocycles. The zero-order valence-electron chi connectivity index (χ0n) is 15.9. The highest BCUT2D eigenvalue weighted by Gasteiger charge is 2.53. The van der Waals surface area contributed by atoms with Crippen molar-refractivity contribution in [1.82, 2.24) is 4.90 Å². The van der Waals surface area contributed by atoms with Crippen LogP contribution in [0.4, 0.5) is 23.7 Å². The maximum atomic E-state index is 13.2. The van der Waals surface area contributed by atoms with Crippen molar-refractivity contribution in [3.05, 3.63) is 64.2 Å². The van der Waals surface area contributed by atoms with Crippen LogP contribution in [0, 0.1) is 6.92 Å². The summed E-state index contributed by atoms with van der Waals surface area (Å²) in [5.41, 5.74) is 0.743. The Kier molecular flexibility index (Phi) is 5.01. The SMILES string of the molecule is Cc1ccc(N2C(=O)N(Cc3cccc(C(F)(F)F)c3)C3CS(=O)(=O)CC32)cc1Cl. The van der Waals surface area contributed by atoms with Gasteiger partial charge in [-0.1, -0.05) is 29.8 Å². The first-order valence-corrected chi connectivity index (χ1v) is 11.4. The maximum absolute atomic E-state index is 13.2. The van der Waals surface area contributed by atoms with E-state index in [4.69, 9.17) is 11.6 Å². The molecule has 2 unspecified atom stereocenters. The number of sulfone groups is 1. The molecular weight excluding hydrogens is 441 g/mol. The second kappa shape index (κ2) is 7.16. The fourth-order valence-corrected chi connectivity index (χ4v) is 6.16. The molecule has 2 saturated heterocycles. The molecule has 2 atom stereocenters. The number of nitrogens with zero attached hydrogens (tertiary/aromatic N) is 2. The zero-order valence-corrected chi connectivity index (χ0v) is 17.4. The molecule has 0 radical (unpaired) electrons. The standard InChI is InChI=1S/C20H18ClF3N2O3S/c1-12-5-6-15(8-16(12)21)26-18-11-30(28,29)10-17(18)25(19(26)27)9-13-3-2-4-14(7-13)20(22,23)24/h2-8,17-18H,9-11H2,1H3. The molecule has 2 aromatic rings. The van der Waals surface area contributed by atoms with Gasteiger partial charge in [-0.25, -0.2) is 13.2 Å². The molecule has 0 aliphatic carbocycles. The Labute approximate surface area is 177 Å². The van der Waals surface area contributed by atoms with Crippen molar-refractivity contribution in [3.63, 3.8) is 0 Å². The van der Waals surface area contributed by atoms with Gasteiger partial charge in [-0.3, -0.25) is 4.90 Å². The molecule has 2 heterocycles. The molecular formula is C20H18ClF3N2O3S. The molecule has 0 spiro atoms. The van der Waals surface area contributed by atoms with Gasteiger partial charge in [-0.2, -0.15) is 13.2 Å². The summed E-state index contributed by atoms with van der Waals surface area (Å²) >= 11 is 6.19. The molecule has 2 aromatic carbocycles. The fraction of sp³-hybridized carbons (Fsp3) is 0.350. The van der Waals surface area contributed by atoms with Crippen molar-refractivity contribution in [2.45, 2.75) is 31.7 Å². The highest BCUT2D eigenvalue weighted by atomic mass is 35.5. The van der Waals surface area contributed by atoms with E-state index in [2.05, 4.69) is 0 Å². The van der Waals surface area contributed by atoms with Crippen LogP contribution in [0.2, 0.25) is 5.02 Å². The first-order chi connectivity index (χ1) is 14.0. The van der Waals surface area contributed by atoms with Gasteiger partial charge in [-0.05, 0) is 42.3 Å². The van der Waals surface area contributed by atoms with Crippen LogP contribution >= 0.6 is 11.6 Å². The van der Waals surface area contributed by atoms with Crippen LogP contribution in [0.3, 0.4) is 0 Å². The van der Waals surface area contributed by atoms with Crippen molar-refractivity contribution in [3.8, 4) is 0 Å². The number of carbonyl (C=O) groups excluding carboxylic acids is 1. The number of anilines is 1. The van der Waals surface area contributed by atoms with Gasteiger partial charge in [0.2, 0.25) is 0 Å². The van der Waals surface area contributed by atoms with Crippen molar-refractivity contribution in [2.24, 2.45) is 0 Å². The summed E-state index contributed by atoms with van der Waals surface area (Å²) in [7, 11) is -3.39. The number of urea groups is 1. The summed E-state index contributed by atoms with van der Waals surface area (Å²) in [6.45, 7) is 1.69. The molecule has 5 nitrogen and oxygen atoms in total. The van der Waals surface area contributed by atoms with E-state index >= 15 is 0 Å². The van der Waals surface area contributed by atoms with E-state index in [0.717, 1.165) is 17.7 Å². The number of amides is 2. The molecule has 2 amide bonds. The van der Waals surface area contributed by atoms with Gasteiger partial charge in [-0.15, -0.1) is 0 Å². The second-order valence-corrected chi connectivity index (χ2v) is 10.2. The zero-order chi connectivity index (χ0) is 21.8. The summed E-state index contributed by atoms with van der Waals surface area (Å²) < 4.78 is 63.7. The number of halogens is 4. The number of benzene rings is 2. The minimum atomic E-state index is -4.51. The average Bonchev–Trinajstić information content (AvgIpc) is 3.08. The Balaban J connectivity index is 1.70. The Hall–Kier alpha value is -2.26. The molecule has 0 N–H and O–H groups in total. The van der Waals surface area contributed by atoms with Crippen LogP contribution in [0.15, 0.2) is 42.5 Å². The largest absolute Gasteiger partial charge is 0.416 e. The quantitative estimate of drug-likeness (QED) is 0.645. The van der Waals surface area contributed by atoms with Gasteiger partial charge in [0.15, 0.2) is 9.84 Å². The van der Waals surface area contributed by atoms with E-state index in [-0.39, 0.29) is 23.6 Å². The summed E-state index contributed by atoms with van der Waals surface area (Å²) in [6, 6.07) is 8.03. The van der Waals surface area contributed by atoms with Crippen LogP contribution in [-0.4, -0.2) is 42.9 Å². The number of carbonyl (C=O) groups is 1. The topological polar surface area (TPSA) is 57.7 Å². The lowest BCUT2D eigenvalue weighted by molar-refractivity contribution is -0.137. The van der Waals surface area contributed by atoms with Gasteiger partial charge in [0.05, 0.1) is 29.2 Å². The number of aryl methyl sites for hydroxylation is 1. The lowest BCUT2D eigenvalue weighted by Gasteiger charge is -2.23. The van der Waals surface area contributed by atoms with E-state index in [9.17, 15) is 26.4 Å². The minimum Gasteiger partial charge on any atom is -0.314 e. The van der Waals surface area contributed by atoms with Gasteiger partial charge in [0, 0.05) is 17.3 Å². The van der Waals surface area contributed by atoms with E-state index in [0.29, 0.717) is 10.7 Å². The number of fused-ring (bicyclic) bond motifs is 1. The number of hydrogen-bond donors (Lipinski definition) is 0. The predicted molar refractivity (Wildman–Crippen MR) is 107 cm³/mol. The number of alkyl halides is 3. The Morgan fingerprint density at radius 2 is 1.80 bits per heavy atom. The first-order valence-electron chi connectivity index (χ1n) is 9.19. The summed E-state index contributed by atoms with van der Waals surface area (Å²) in [5, 5.41) is 0.439. The van der Waals surface area contributed by atoms with Crippen molar-refractivity contribution < 1.29 is 26.4 Å². The van der Waals surface area contributed by atoms with E-state index in [1.54, 1.807) is 25.1 Å². The Morgan fingerprint density at radius 3 is 2.47 bits per heavy atom. The molecule has 10 heteroatoms. The van der Waals surface area contributed by atoms with Crippen molar-refractivity contribution in [1.29, 1.82) is 0 Å². The Bertz CT molecular complexity index is 1120. The smallest absolute Gasteiger partial charge is 0.314 e.